The molecule has 0 aromatic carbocycles. The van der Waals surface area contributed by atoms with Gasteiger partial charge >= 0.3 is 7.12 Å². The maximum Gasteiger partial charge on any atom is 0.494 e. The van der Waals surface area contributed by atoms with Crippen LogP contribution >= 0.6 is 15.9 Å². The molecule has 0 aliphatic carbocycles. The van der Waals surface area contributed by atoms with Crippen molar-refractivity contribution in [2.45, 2.75) is 58.7 Å². The predicted octanol–water partition coefficient (Wildman–Crippen LogP) is 3.10. The summed E-state index contributed by atoms with van der Waals surface area (Å²) in [5.74, 6) is 0. The minimum absolute atomic E-state index is 0.307. The summed E-state index contributed by atoms with van der Waals surface area (Å²) in [4.78, 5) is 4.47. The molecule has 0 atom stereocenters. The van der Waals surface area contributed by atoms with Crippen molar-refractivity contribution in [3.8, 4) is 0 Å². The van der Waals surface area contributed by atoms with E-state index in [1.54, 1.807) is 0 Å². The fraction of sp³-hybridized carbons (Fsp3) is 0.643. The predicted molar refractivity (Wildman–Crippen MR) is 81.6 cm³/mol. The van der Waals surface area contributed by atoms with Crippen molar-refractivity contribution in [3.63, 3.8) is 0 Å². The lowest BCUT2D eigenvalue weighted by Gasteiger charge is -2.32. The number of rotatable bonds is 3. The minimum atomic E-state index is -0.320. The molecule has 19 heavy (non-hydrogen) atoms. The van der Waals surface area contributed by atoms with Gasteiger partial charge in [-0.1, -0.05) is 13.3 Å². The van der Waals surface area contributed by atoms with E-state index >= 15 is 0 Å². The van der Waals surface area contributed by atoms with E-state index in [-0.39, 0.29) is 18.3 Å². The fourth-order valence-electron chi connectivity index (χ4n) is 2.07. The Kier molecular flexibility index (Phi) is 4.10. The molecular weight excluding hydrogens is 305 g/mol. The number of halogens is 1. The maximum atomic E-state index is 6.07. The van der Waals surface area contributed by atoms with E-state index < -0.39 is 0 Å². The largest absolute Gasteiger partial charge is 0.494 e. The van der Waals surface area contributed by atoms with Gasteiger partial charge in [-0.2, -0.15) is 0 Å². The van der Waals surface area contributed by atoms with Gasteiger partial charge in [-0.05, 0) is 67.6 Å². The van der Waals surface area contributed by atoms with Gasteiger partial charge in [-0.3, -0.25) is 0 Å². The summed E-state index contributed by atoms with van der Waals surface area (Å²) < 4.78 is 13.0. The van der Waals surface area contributed by atoms with Crippen LogP contribution in [0.5, 0.6) is 0 Å². The molecule has 104 valence electrons. The molecule has 0 bridgehead atoms. The lowest BCUT2D eigenvalue weighted by Crippen LogP contribution is -2.41. The molecule has 3 nitrogen and oxygen atoms in total. The number of nitrogens with zero attached hydrogens (tertiary/aromatic N) is 1. The Hall–Kier alpha value is -0.385. The molecule has 0 spiro atoms. The third-order valence-electron chi connectivity index (χ3n) is 3.90. The summed E-state index contributed by atoms with van der Waals surface area (Å²) in [5.41, 5.74) is 1.49. The van der Waals surface area contributed by atoms with Gasteiger partial charge in [-0.25, -0.2) is 4.98 Å². The average Bonchev–Trinajstić information content (AvgIpc) is 2.48. The Bertz CT molecular complexity index is 461. The number of aryl methyl sites for hydroxylation is 1. The molecule has 2 rings (SSSR count). The summed E-state index contributed by atoms with van der Waals surface area (Å²) in [6.07, 6.45) is 2.04. The van der Waals surface area contributed by atoms with Gasteiger partial charge in [0.15, 0.2) is 0 Å². The van der Waals surface area contributed by atoms with Crippen molar-refractivity contribution in [2.24, 2.45) is 0 Å². The number of aromatic nitrogens is 1. The average molecular weight is 326 g/mol. The standard InChI is InChI=1S/C14H21BBrNO2/c1-6-7-11-8-10(9-12(16)17-11)15-18-13(2,3)14(4,5)19-15/h8-9H,6-7H2,1-5H3. The van der Waals surface area contributed by atoms with Crippen molar-refractivity contribution >= 4 is 28.5 Å². The van der Waals surface area contributed by atoms with Gasteiger partial charge < -0.3 is 9.31 Å². The molecule has 1 fully saturated rings. The molecule has 0 amide bonds. The molecule has 5 heteroatoms. The topological polar surface area (TPSA) is 31.4 Å². The van der Waals surface area contributed by atoms with Crippen molar-refractivity contribution in [1.82, 2.24) is 4.98 Å². The lowest BCUT2D eigenvalue weighted by atomic mass is 9.79. The first-order chi connectivity index (χ1) is 8.75. The molecule has 1 saturated heterocycles. The molecule has 2 heterocycles. The zero-order valence-corrected chi connectivity index (χ0v) is 13.9. The highest BCUT2D eigenvalue weighted by molar-refractivity contribution is 9.10. The highest BCUT2D eigenvalue weighted by Crippen LogP contribution is 2.36. The smallest absolute Gasteiger partial charge is 0.399 e. The zero-order chi connectivity index (χ0) is 14.3. The van der Waals surface area contributed by atoms with Crippen molar-refractivity contribution < 1.29 is 9.31 Å². The van der Waals surface area contributed by atoms with Gasteiger partial charge in [0.25, 0.3) is 0 Å². The maximum absolute atomic E-state index is 6.07. The first kappa shape index (κ1) is 15.0. The van der Waals surface area contributed by atoms with E-state index in [1.165, 1.54) is 0 Å². The molecule has 1 aromatic heterocycles. The molecule has 0 saturated carbocycles. The van der Waals surface area contributed by atoms with Crippen LogP contribution in [-0.4, -0.2) is 23.3 Å². The molecule has 1 aromatic rings. The molecule has 0 N–H and O–H groups in total. The molecular formula is C14H21BBrNO2. The highest BCUT2D eigenvalue weighted by Gasteiger charge is 2.51. The summed E-state index contributed by atoms with van der Waals surface area (Å²) in [7, 11) is -0.320. The Morgan fingerprint density at radius 1 is 1.16 bits per heavy atom. The van der Waals surface area contributed by atoms with Crippen LogP contribution in [0, 0.1) is 0 Å². The van der Waals surface area contributed by atoms with Crippen LogP contribution < -0.4 is 5.46 Å². The number of pyridine rings is 1. The Morgan fingerprint density at radius 3 is 2.26 bits per heavy atom. The normalized spacial score (nSPS) is 20.8. The molecule has 0 unspecified atom stereocenters. The summed E-state index contributed by atoms with van der Waals surface area (Å²) in [6.45, 7) is 10.4. The summed E-state index contributed by atoms with van der Waals surface area (Å²) >= 11 is 3.46. The zero-order valence-electron chi connectivity index (χ0n) is 12.3. The van der Waals surface area contributed by atoms with Gasteiger partial charge in [0.1, 0.15) is 4.60 Å². The third-order valence-corrected chi connectivity index (χ3v) is 4.31. The Morgan fingerprint density at radius 2 is 1.74 bits per heavy atom. The fourth-order valence-corrected chi connectivity index (χ4v) is 2.56. The van der Waals surface area contributed by atoms with Crippen LogP contribution in [0.1, 0.15) is 46.7 Å². The van der Waals surface area contributed by atoms with Crippen LogP contribution in [0.15, 0.2) is 16.7 Å². The van der Waals surface area contributed by atoms with Crippen LogP contribution in [0.25, 0.3) is 0 Å². The summed E-state index contributed by atoms with van der Waals surface area (Å²) in [5, 5.41) is 0. The lowest BCUT2D eigenvalue weighted by molar-refractivity contribution is 0.00578. The second kappa shape index (κ2) is 5.19. The minimum Gasteiger partial charge on any atom is -0.399 e. The van der Waals surface area contributed by atoms with Crippen LogP contribution in [0.2, 0.25) is 0 Å². The molecule has 1 aliphatic heterocycles. The van der Waals surface area contributed by atoms with Crippen molar-refractivity contribution in [3.05, 3.63) is 22.4 Å². The third kappa shape index (κ3) is 3.04. The van der Waals surface area contributed by atoms with E-state index in [0.29, 0.717) is 0 Å². The van der Waals surface area contributed by atoms with E-state index in [0.717, 1.165) is 28.6 Å². The highest BCUT2D eigenvalue weighted by atomic mass is 79.9. The quantitative estimate of drug-likeness (QED) is 0.632. The van der Waals surface area contributed by atoms with Gasteiger partial charge in [0.05, 0.1) is 11.2 Å². The van der Waals surface area contributed by atoms with E-state index in [4.69, 9.17) is 9.31 Å². The number of hydrogen-bond acceptors (Lipinski definition) is 3. The van der Waals surface area contributed by atoms with Gasteiger partial charge in [0, 0.05) is 5.69 Å². The van der Waals surface area contributed by atoms with Crippen molar-refractivity contribution in [2.75, 3.05) is 0 Å². The molecule has 1 aliphatic rings. The van der Waals surface area contributed by atoms with E-state index in [2.05, 4.69) is 61.6 Å². The van der Waals surface area contributed by atoms with Crippen LogP contribution in [-0.2, 0) is 15.7 Å². The second-order valence-corrected chi connectivity index (χ2v) is 6.87. The summed E-state index contributed by atoms with van der Waals surface area (Å²) in [6, 6.07) is 4.05. The SMILES string of the molecule is CCCc1cc(B2OC(C)(C)C(C)(C)O2)cc(Br)n1. The van der Waals surface area contributed by atoms with Gasteiger partial charge in [-0.15, -0.1) is 0 Å². The first-order valence-corrected chi connectivity index (χ1v) is 7.56. The van der Waals surface area contributed by atoms with E-state index in [1.807, 2.05) is 6.07 Å². The number of hydrogen-bond donors (Lipinski definition) is 0. The van der Waals surface area contributed by atoms with E-state index in [9.17, 15) is 0 Å². The Balaban J connectivity index is 2.29. The monoisotopic (exact) mass is 325 g/mol. The van der Waals surface area contributed by atoms with Gasteiger partial charge in [0.2, 0.25) is 0 Å². The van der Waals surface area contributed by atoms with Crippen LogP contribution in [0.3, 0.4) is 0 Å². The second-order valence-electron chi connectivity index (χ2n) is 6.05. The van der Waals surface area contributed by atoms with Crippen molar-refractivity contribution in [1.29, 1.82) is 0 Å². The molecule has 0 radical (unpaired) electrons. The van der Waals surface area contributed by atoms with Crippen LogP contribution in [0.4, 0.5) is 0 Å². The first-order valence-electron chi connectivity index (χ1n) is 6.77. The Labute approximate surface area is 124 Å².